The minimum absolute atomic E-state index is 0.521. The number of ether oxygens (including phenoxy) is 1. The molecule has 1 aromatic carbocycles. The minimum atomic E-state index is -0.521. The van der Waals surface area contributed by atoms with Crippen molar-refractivity contribution in [3.63, 3.8) is 0 Å². The summed E-state index contributed by atoms with van der Waals surface area (Å²) in [5.74, 6) is 0.831. The second-order valence-electron chi connectivity index (χ2n) is 4.81. The number of aliphatic hydroxyl groups excluding tert-OH is 1. The molecule has 0 bridgehead atoms. The fourth-order valence-electron chi connectivity index (χ4n) is 2.31. The Morgan fingerprint density at radius 2 is 1.95 bits per heavy atom. The molecule has 1 heterocycles. The van der Waals surface area contributed by atoms with E-state index in [2.05, 4.69) is 12.0 Å². The van der Waals surface area contributed by atoms with Crippen LogP contribution >= 0.6 is 0 Å². The largest absolute Gasteiger partial charge is 0.494 e. The molecule has 108 valence electrons. The number of hydrogen-bond acceptors (Lipinski definition) is 3. The van der Waals surface area contributed by atoms with Crippen molar-refractivity contribution < 1.29 is 9.84 Å². The molecule has 2 rings (SSSR count). The first-order chi connectivity index (χ1) is 9.63. The summed E-state index contributed by atoms with van der Waals surface area (Å²) in [4.78, 5) is 0. The highest BCUT2D eigenvalue weighted by molar-refractivity contribution is 5.29. The molecular formula is C16H22N2O2. The maximum absolute atomic E-state index is 10.3. The Morgan fingerprint density at radius 1 is 1.25 bits per heavy atom. The van der Waals surface area contributed by atoms with Gasteiger partial charge in [-0.25, -0.2) is 0 Å². The summed E-state index contributed by atoms with van der Waals surface area (Å²) in [6.45, 7) is 7.45. The second kappa shape index (κ2) is 6.57. The quantitative estimate of drug-likeness (QED) is 0.881. The van der Waals surface area contributed by atoms with E-state index in [0.717, 1.165) is 29.2 Å². The van der Waals surface area contributed by atoms with Gasteiger partial charge in [-0.1, -0.05) is 12.1 Å². The lowest BCUT2D eigenvalue weighted by Gasteiger charge is -2.12. The van der Waals surface area contributed by atoms with E-state index < -0.39 is 6.10 Å². The lowest BCUT2D eigenvalue weighted by Crippen LogP contribution is -2.08. The van der Waals surface area contributed by atoms with Crippen LogP contribution < -0.4 is 4.74 Å². The number of rotatable bonds is 6. The van der Waals surface area contributed by atoms with Crippen molar-refractivity contribution in [2.24, 2.45) is 0 Å². The Hall–Kier alpha value is -1.81. The van der Waals surface area contributed by atoms with Crippen LogP contribution in [0.15, 0.2) is 30.3 Å². The van der Waals surface area contributed by atoms with E-state index in [9.17, 15) is 5.11 Å². The molecule has 2 aromatic rings. The maximum Gasteiger partial charge on any atom is 0.119 e. The number of benzene rings is 1. The van der Waals surface area contributed by atoms with Crippen molar-refractivity contribution >= 4 is 0 Å². The van der Waals surface area contributed by atoms with Crippen molar-refractivity contribution in [1.82, 2.24) is 9.78 Å². The summed E-state index contributed by atoms with van der Waals surface area (Å²) in [7, 11) is 0. The van der Waals surface area contributed by atoms with E-state index in [1.54, 1.807) is 0 Å². The Morgan fingerprint density at radius 3 is 2.55 bits per heavy atom. The molecule has 0 saturated carbocycles. The van der Waals surface area contributed by atoms with Crippen LogP contribution in [0.2, 0.25) is 0 Å². The first kappa shape index (κ1) is 14.6. The zero-order valence-electron chi connectivity index (χ0n) is 12.3. The van der Waals surface area contributed by atoms with E-state index >= 15 is 0 Å². The summed E-state index contributed by atoms with van der Waals surface area (Å²) < 4.78 is 7.34. The predicted molar refractivity (Wildman–Crippen MR) is 78.9 cm³/mol. The molecule has 0 spiro atoms. The number of hydrogen-bond donors (Lipinski definition) is 1. The normalized spacial score (nSPS) is 12.4. The van der Waals surface area contributed by atoms with Crippen LogP contribution in [0.5, 0.6) is 5.75 Å². The molecular weight excluding hydrogens is 252 g/mol. The molecule has 1 unspecified atom stereocenters. The average Bonchev–Trinajstić information content (AvgIpc) is 2.80. The third-order valence-electron chi connectivity index (χ3n) is 3.26. The highest BCUT2D eigenvalue weighted by atomic mass is 16.5. The molecule has 1 atom stereocenters. The van der Waals surface area contributed by atoms with Gasteiger partial charge >= 0.3 is 0 Å². The summed E-state index contributed by atoms with van der Waals surface area (Å²) in [5, 5.41) is 14.7. The van der Waals surface area contributed by atoms with Gasteiger partial charge in [0.15, 0.2) is 0 Å². The predicted octanol–water partition coefficient (Wildman–Crippen LogP) is 2.89. The SMILES string of the molecule is CCOc1ccc(C(O)Cc2cc(C)nn2CC)cc1. The lowest BCUT2D eigenvalue weighted by molar-refractivity contribution is 0.175. The maximum atomic E-state index is 10.3. The summed E-state index contributed by atoms with van der Waals surface area (Å²) in [5.41, 5.74) is 2.95. The van der Waals surface area contributed by atoms with Gasteiger partial charge in [0, 0.05) is 18.7 Å². The Balaban J connectivity index is 2.08. The van der Waals surface area contributed by atoms with Gasteiger partial charge in [0.25, 0.3) is 0 Å². The highest BCUT2D eigenvalue weighted by Crippen LogP contribution is 2.21. The topological polar surface area (TPSA) is 47.3 Å². The third-order valence-corrected chi connectivity index (χ3v) is 3.26. The van der Waals surface area contributed by atoms with Gasteiger partial charge in [0.1, 0.15) is 5.75 Å². The number of aryl methyl sites for hydroxylation is 2. The second-order valence-corrected chi connectivity index (χ2v) is 4.81. The van der Waals surface area contributed by atoms with Gasteiger partial charge in [0.2, 0.25) is 0 Å². The van der Waals surface area contributed by atoms with E-state index in [1.807, 2.05) is 48.9 Å². The van der Waals surface area contributed by atoms with Crippen molar-refractivity contribution in [3.05, 3.63) is 47.3 Å². The van der Waals surface area contributed by atoms with Gasteiger partial charge in [0.05, 0.1) is 18.4 Å². The average molecular weight is 274 g/mol. The van der Waals surface area contributed by atoms with Crippen LogP contribution in [-0.4, -0.2) is 21.5 Å². The Bertz CT molecular complexity index is 546. The molecule has 20 heavy (non-hydrogen) atoms. The minimum Gasteiger partial charge on any atom is -0.494 e. The van der Waals surface area contributed by atoms with Gasteiger partial charge in [-0.2, -0.15) is 5.10 Å². The van der Waals surface area contributed by atoms with Crippen LogP contribution in [0.4, 0.5) is 0 Å². The van der Waals surface area contributed by atoms with Crippen LogP contribution in [0.1, 0.15) is 36.9 Å². The van der Waals surface area contributed by atoms with Crippen molar-refractivity contribution in [2.45, 2.75) is 39.8 Å². The van der Waals surface area contributed by atoms with Crippen molar-refractivity contribution in [3.8, 4) is 5.75 Å². The smallest absolute Gasteiger partial charge is 0.119 e. The molecule has 4 nitrogen and oxygen atoms in total. The van der Waals surface area contributed by atoms with Crippen molar-refractivity contribution in [2.75, 3.05) is 6.61 Å². The van der Waals surface area contributed by atoms with Crippen LogP contribution in [0.25, 0.3) is 0 Å². The van der Waals surface area contributed by atoms with E-state index in [-0.39, 0.29) is 0 Å². The van der Waals surface area contributed by atoms with Gasteiger partial charge in [-0.05, 0) is 44.5 Å². The summed E-state index contributed by atoms with van der Waals surface area (Å²) in [6.07, 6.45) is 0.0509. The third kappa shape index (κ3) is 3.39. The molecule has 0 saturated heterocycles. The van der Waals surface area contributed by atoms with E-state index in [4.69, 9.17) is 4.74 Å². The number of nitrogens with zero attached hydrogens (tertiary/aromatic N) is 2. The molecule has 4 heteroatoms. The molecule has 0 fully saturated rings. The zero-order valence-corrected chi connectivity index (χ0v) is 12.3. The monoisotopic (exact) mass is 274 g/mol. The van der Waals surface area contributed by atoms with Gasteiger partial charge < -0.3 is 9.84 Å². The molecule has 0 aliphatic carbocycles. The van der Waals surface area contributed by atoms with Crippen molar-refractivity contribution in [1.29, 1.82) is 0 Å². The van der Waals surface area contributed by atoms with E-state index in [1.165, 1.54) is 0 Å². The molecule has 1 N–H and O–H groups in total. The molecule has 1 aromatic heterocycles. The highest BCUT2D eigenvalue weighted by Gasteiger charge is 2.12. The fourth-order valence-corrected chi connectivity index (χ4v) is 2.31. The van der Waals surface area contributed by atoms with Gasteiger partial charge in [-0.3, -0.25) is 4.68 Å². The van der Waals surface area contributed by atoms with Gasteiger partial charge in [-0.15, -0.1) is 0 Å². The zero-order chi connectivity index (χ0) is 14.5. The molecule has 0 aliphatic heterocycles. The Labute approximate surface area is 120 Å². The molecule has 0 aliphatic rings. The standard InChI is InChI=1S/C16H22N2O2/c1-4-18-14(10-12(3)17-18)11-16(19)13-6-8-15(9-7-13)20-5-2/h6-10,16,19H,4-5,11H2,1-3H3. The lowest BCUT2D eigenvalue weighted by atomic mass is 10.0. The van der Waals surface area contributed by atoms with Crippen LogP contribution in [0, 0.1) is 6.92 Å². The van der Waals surface area contributed by atoms with Crippen LogP contribution in [0.3, 0.4) is 0 Å². The summed E-state index contributed by atoms with van der Waals surface area (Å²) in [6, 6.07) is 9.64. The number of aromatic nitrogens is 2. The fraction of sp³-hybridized carbons (Fsp3) is 0.438. The summed E-state index contributed by atoms with van der Waals surface area (Å²) >= 11 is 0. The number of aliphatic hydroxyl groups is 1. The molecule has 0 radical (unpaired) electrons. The Kier molecular flexibility index (Phi) is 4.79. The van der Waals surface area contributed by atoms with Crippen LogP contribution in [-0.2, 0) is 13.0 Å². The first-order valence-electron chi connectivity index (χ1n) is 7.08. The van der Waals surface area contributed by atoms with E-state index in [0.29, 0.717) is 13.0 Å². The first-order valence-corrected chi connectivity index (χ1v) is 7.08. The molecule has 0 amide bonds.